The van der Waals surface area contributed by atoms with E-state index in [2.05, 4.69) is 10.4 Å². The Morgan fingerprint density at radius 3 is 2.52 bits per heavy atom. The fourth-order valence-corrected chi connectivity index (χ4v) is 4.51. The molecule has 3 amide bonds. The third kappa shape index (κ3) is 5.23. The number of nitrogens with one attached hydrogen (secondary N) is 1. The van der Waals surface area contributed by atoms with Gasteiger partial charge in [-0.2, -0.15) is 5.10 Å². The van der Waals surface area contributed by atoms with E-state index < -0.39 is 0 Å². The van der Waals surface area contributed by atoms with Crippen LogP contribution in [0.1, 0.15) is 21.7 Å². The minimum Gasteiger partial charge on any atom is -0.337 e. The normalized spacial score (nSPS) is 14.4. The zero-order chi connectivity index (χ0) is 21.8. The topological polar surface area (TPSA) is 70.5 Å². The van der Waals surface area contributed by atoms with Crippen LogP contribution in [-0.4, -0.2) is 57.7 Å². The summed E-state index contributed by atoms with van der Waals surface area (Å²) in [6.07, 6.45) is 2.30. The molecule has 7 nitrogen and oxygen atoms in total. The molecule has 162 valence electrons. The third-order valence-corrected chi connectivity index (χ3v) is 6.26. The summed E-state index contributed by atoms with van der Waals surface area (Å²) in [5.74, 6) is 0.0598. The molecule has 1 aliphatic rings. The first kappa shape index (κ1) is 21.3. The van der Waals surface area contributed by atoms with Crippen molar-refractivity contribution in [3.63, 3.8) is 0 Å². The molecule has 0 spiro atoms. The van der Waals surface area contributed by atoms with E-state index in [-0.39, 0.29) is 17.8 Å². The number of carbonyl (C=O) groups is 2. The number of thiophene rings is 1. The Hall–Kier alpha value is -2.91. The molecule has 1 aliphatic heterocycles. The standard InChI is InChI=1S/C21H21ClFN5O2S/c22-18-7-6-17(31-18)14-28-19(8-9-24-28)25-21(30)27-11-1-10-26(12-13-27)20(29)15-2-4-16(23)5-3-15/h2-9H,1,10-14H2,(H,25,30). The van der Waals surface area contributed by atoms with Crippen LogP contribution in [0.15, 0.2) is 48.7 Å². The Morgan fingerprint density at radius 1 is 1.03 bits per heavy atom. The van der Waals surface area contributed by atoms with Crippen LogP contribution in [0.2, 0.25) is 4.34 Å². The van der Waals surface area contributed by atoms with Gasteiger partial charge in [0.15, 0.2) is 0 Å². The molecule has 3 heterocycles. The molecule has 0 unspecified atom stereocenters. The highest BCUT2D eigenvalue weighted by molar-refractivity contribution is 7.16. The molecule has 10 heteroatoms. The molecule has 0 saturated carbocycles. The average Bonchev–Trinajstić information content (AvgIpc) is 3.28. The van der Waals surface area contributed by atoms with E-state index in [1.165, 1.54) is 35.6 Å². The average molecular weight is 462 g/mol. The molecule has 2 aromatic heterocycles. The predicted octanol–water partition coefficient (Wildman–Crippen LogP) is 4.17. The first-order chi connectivity index (χ1) is 15.0. The van der Waals surface area contributed by atoms with Gasteiger partial charge in [0, 0.05) is 42.7 Å². The number of anilines is 1. The molecule has 31 heavy (non-hydrogen) atoms. The Balaban J connectivity index is 1.35. The minimum absolute atomic E-state index is 0.157. The first-order valence-electron chi connectivity index (χ1n) is 9.86. The molecule has 3 aromatic rings. The molecule has 0 aliphatic carbocycles. The Labute approximate surface area is 188 Å². The number of amides is 3. The largest absolute Gasteiger partial charge is 0.337 e. The van der Waals surface area contributed by atoms with Crippen LogP contribution in [-0.2, 0) is 6.54 Å². The summed E-state index contributed by atoms with van der Waals surface area (Å²) >= 11 is 7.46. The Bertz CT molecular complexity index is 1070. The molecule has 0 atom stereocenters. The second-order valence-electron chi connectivity index (χ2n) is 7.15. The quantitative estimate of drug-likeness (QED) is 0.634. The first-order valence-corrected chi connectivity index (χ1v) is 11.1. The summed E-state index contributed by atoms with van der Waals surface area (Å²) in [7, 11) is 0. The van der Waals surface area contributed by atoms with Crippen LogP contribution in [0, 0.1) is 5.82 Å². The van der Waals surface area contributed by atoms with Crippen molar-refractivity contribution >= 4 is 40.7 Å². The zero-order valence-electron chi connectivity index (χ0n) is 16.6. The van der Waals surface area contributed by atoms with Gasteiger partial charge in [0.25, 0.3) is 5.91 Å². The molecule has 1 aromatic carbocycles. The van der Waals surface area contributed by atoms with Crippen molar-refractivity contribution in [1.82, 2.24) is 19.6 Å². The monoisotopic (exact) mass is 461 g/mol. The molecular weight excluding hydrogens is 441 g/mol. The van der Waals surface area contributed by atoms with Gasteiger partial charge in [0.05, 0.1) is 17.1 Å². The molecule has 0 radical (unpaired) electrons. The lowest BCUT2D eigenvalue weighted by atomic mass is 10.2. The van der Waals surface area contributed by atoms with Gasteiger partial charge in [-0.15, -0.1) is 11.3 Å². The predicted molar refractivity (Wildman–Crippen MR) is 118 cm³/mol. The number of urea groups is 1. The summed E-state index contributed by atoms with van der Waals surface area (Å²) in [6, 6.07) is 10.8. The van der Waals surface area contributed by atoms with Crippen molar-refractivity contribution in [3.8, 4) is 0 Å². The van der Waals surface area contributed by atoms with E-state index in [4.69, 9.17) is 11.6 Å². The van der Waals surface area contributed by atoms with Crippen molar-refractivity contribution < 1.29 is 14.0 Å². The Kier molecular flexibility index (Phi) is 6.53. The van der Waals surface area contributed by atoms with E-state index in [0.717, 1.165) is 4.88 Å². The molecular formula is C21H21ClFN5O2S. The van der Waals surface area contributed by atoms with Gasteiger partial charge >= 0.3 is 6.03 Å². The highest BCUT2D eigenvalue weighted by atomic mass is 35.5. The van der Waals surface area contributed by atoms with Crippen LogP contribution >= 0.6 is 22.9 Å². The summed E-state index contributed by atoms with van der Waals surface area (Å²) in [4.78, 5) is 29.9. The van der Waals surface area contributed by atoms with Gasteiger partial charge < -0.3 is 9.80 Å². The van der Waals surface area contributed by atoms with Crippen molar-refractivity contribution in [2.75, 3.05) is 31.5 Å². The maximum atomic E-state index is 13.1. The number of hydrogen-bond acceptors (Lipinski definition) is 4. The van der Waals surface area contributed by atoms with Crippen LogP contribution in [0.4, 0.5) is 15.0 Å². The summed E-state index contributed by atoms with van der Waals surface area (Å²) in [5.41, 5.74) is 0.442. The van der Waals surface area contributed by atoms with Crippen molar-refractivity contribution in [3.05, 3.63) is 69.3 Å². The fourth-order valence-electron chi connectivity index (χ4n) is 3.44. The number of halogens is 2. The number of benzene rings is 1. The van der Waals surface area contributed by atoms with Crippen LogP contribution in [0.5, 0.6) is 0 Å². The fraction of sp³-hybridized carbons (Fsp3) is 0.286. The Morgan fingerprint density at radius 2 is 1.77 bits per heavy atom. The highest BCUT2D eigenvalue weighted by Gasteiger charge is 2.23. The third-order valence-electron chi connectivity index (χ3n) is 5.05. The van der Waals surface area contributed by atoms with Crippen molar-refractivity contribution in [1.29, 1.82) is 0 Å². The van der Waals surface area contributed by atoms with E-state index in [1.54, 1.807) is 26.7 Å². The van der Waals surface area contributed by atoms with E-state index in [0.29, 0.717) is 54.9 Å². The van der Waals surface area contributed by atoms with Crippen LogP contribution in [0.3, 0.4) is 0 Å². The summed E-state index contributed by atoms with van der Waals surface area (Å²) < 4.78 is 15.5. The maximum absolute atomic E-state index is 13.1. The van der Waals surface area contributed by atoms with Gasteiger partial charge in [-0.3, -0.25) is 10.1 Å². The maximum Gasteiger partial charge on any atom is 0.323 e. The molecule has 1 saturated heterocycles. The lowest BCUT2D eigenvalue weighted by Gasteiger charge is -2.22. The lowest BCUT2D eigenvalue weighted by molar-refractivity contribution is 0.0762. The highest BCUT2D eigenvalue weighted by Crippen LogP contribution is 2.23. The second kappa shape index (κ2) is 9.49. The number of nitrogens with zero attached hydrogens (tertiary/aromatic N) is 4. The second-order valence-corrected chi connectivity index (χ2v) is 8.95. The van der Waals surface area contributed by atoms with Gasteiger partial charge in [0.1, 0.15) is 11.6 Å². The summed E-state index contributed by atoms with van der Waals surface area (Å²) in [5, 5.41) is 7.19. The SMILES string of the molecule is O=C(Nc1ccnn1Cc1ccc(Cl)s1)N1CCCN(C(=O)c2ccc(F)cc2)CC1. The van der Waals surface area contributed by atoms with Gasteiger partial charge in [-0.1, -0.05) is 11.6 Å². The molecule has 0 bridgehead atoms. The molecule has 1 fully saturated rings. The van der Waals surface area contributed by atoms with Crippen LogP contribution in [0.25, 0.3) is 0 Å². The number of rotatable bonds is 4. The van der Waals surface area contributed by atoms with E-state index >= 15 is 0 Å². The minimum atomic E-state index is -0.378. The van der Waals surface area contributed by atoms with Crippen molar-refractivity contribution in [2.24, 2.45) is 0 Å². The number of carbonyl (C=O) groups excluding carboxylic acids is 2. The number of aromatic nitrogens is 2. The van der Waals surface area contributed by atoms with E-state index in [9.17, 15) is 14.0 Å². The zero-order valence-corrected chi connectivity index (χ0v) is 18.2. The van der Waals surface area contributed by atoms with E-state index in [1.807, 2.05) is 12.1 Å². The van der Waals surface area contributed by atoms with Gasteiger partial charge in [0.2, 0.25) is 0 Å². The molecule has 1 N–H and O–H groups in total. The molecule has 4 rings (SSSR count). The van der Waals surface area contributed by atoms with Gasteiger partial charge in [-0.05, 0) is 42.8 Å². The number of hydrogen-bond donors (Lipinski definition) is 1. The summed E-state index contributed by atoms with van der Waals surface area (Å²) in [6.45, 7) is 2.41. The van der Waals surface area contributed by atoms with Crippen LogP contribution < -0.4 is 5.32 Å². The lowest BCUT2D eigenvalue weighted by Crippen LogP contribution is -2.39. The van der Waals surface area contributed by atoms with Gasteiger partial charge in [-0.25, -0.2) is 13.9 Å². The smallest absolute Gasteiger partial charge is 0.323 e. The van der Waals surface area contributed by atoms with Crippen molar-refractivity contribution in [2.45, 2.75) is 13.0 Å².